The van der Waals surface area contributed by atoms with Gasteiger partial charge in [-0.05, 0) is 30.9 Å². The number of hydrogen-bond acceptors (Lipinski definition) is 0. The average molecular weight is 176 g/mol. The molecule has 0 saturated carbocycles. The fraction of sp³-hybridized carbons (Fsp3) is 0.455. The molecule has 0 saturated heterocycles. The molecule has 12 heavy (non-hydrogen) atoms. The van der Waals surface area contributed by atoms with Gasteiger partial charge in [-0.3, -0.25) is 0 Å². The van der Waals surface area contributed by atoms with E-state index in [4.69, 9.17) is 0 Å². The molecule has 1 aromatic rings. The van der Waals surface area contributed by atoms with E-state index in [2.05, 4.69) is 32.9 Å². The Morgan fingerprint density at radius 3 is 2.08 bits per heavy atom. The quantitative estimate of drug-likeness (QED) is 0.597. The second-order valence-electron chi connectivity index (χ2n) is 3.36. The van der Waals surface area contributed by atoms with Gasteiger partial charge < -0.3 is 0 Å². The van der Waals surface area contributed by atoms with Gasteiger partial charge in [0.25, 0.3) is 16.3 Å². The summed E-state index contributed by atoms with van der Waals surface area (Å²) in [5, 5.41) is 0. The van der Waals surface area contributed by atoms with Crippen molar-refractivity contribution in [3.05, 3.63) is 28.8 Å². The van der Waals surface area contributed by atoms with Crippen LogP contribution in [0.2, 0.25) is 0 Å². The van der Waals surface area contributed by atoms with Crippen molar-refractivity contribution in [1.82, 2.24) is 0 Å². The summed E-state index contributed by atoms with van der Waals surface area (Å²) < 4.78 is 1.58. The fourth-order valence-corrected chi connectivity index (χ4v) is 2.73. The van der Waals surface area contributed by atoms with Gasteiger partial charge in [0, 0.05) is 0 Å². The normalized spacial score (nSPS) is 10.2. The van der Waals surface area contributed by atoms with Gasteiger partial charge in [-0.1, -0.05) is 31.5 Å². The van der Waals surface area contributed by atoms with Crippen molar-refractivity contribution in [1.29, 1.82) is 0 Å². The third kappa shape index (κ3) is 1.73. The molecule has 0 radical (unpaired) electrons. The Hall–Kier alpha value is -0.248. The molecule has 0 nitrogen and oxygen atoms in total. The van der Waals surface area contributed by atoms with Crippen LogP contribution in [0, 0.1) is 6.92 Å². The Morgan fingerprint density at radius 2 is 1.67 bits per heavy atom. The standard InChI is InChI=1S/C11H15.Al.2H/c1-4-10-8-6-7-9(3)11(10)5-2;;;/h6-7H,4-5H2,1-3H3;;;. The van der Waals surface area contributed by atoms with E-state index in [1.807, 2.05) is 0 Å². The number of rotatable bonds is 2. The Kier molecular flexibility index (Phi) is 3.38. The highest BCUT2D eigenvalue weighted by Crippen LogP contribution is 2.12. The summed E-state index contributed by atoms with van der Waals surface area (Å²) in [5.41, 5.74) is 4.67. The maximum absolute atomic E-state index is 2.29. The maximum Gasteiger partial charge on any atom is 0.259 e. The third-order valence-electron chi connectivity index (χ3n) is 2.61. The zero-order valence-corrected chi connectivity index (χ0v) is 10.6. The molecule has 0 spiro atoms. The first-order valence-electron chi connectivity index (χ1n) is 4.78. The van der Waals surface area contributed by atoms with Crippen LogP contribution in [0.25, 0.3) is 0 Å². The van der Waals surface area contributed by atoms with E-state index in [1.165, 1.54) is 34.7 Å². The lowest BCUT2D eigenvalue weighted by Gasteiger charge is -2.12. The first-order chi connectivity index (χ1) is 5.70. The van der Waals surface area contributed by atoms with E-state index in [1.54, 1.807) is 15.6 Å². The fourth-order valence-electron chi connectivity index (χ4n) is 1.91. The van der Waals surface area contributed by atoms with Crippen LogP contribution in [0.1, 0.15) is 30.5 Å². The summed E-state index contributed by atoms with van der Waals surface area (Å²) in [7, 11) is 0. The molecule has 0 heterocycles. The molecule has 0 fully saturated rings. The predicted octanol–water partition coefficient (Wildman–Crippen LogP) is 1.38. The van der Waals surface area contributed by atoms with E-state index < -0.39 is 0 Å². The summed E-state index contributed by atoms with van der Waals surface area (Å²) in [6, 6.07) is 4.56. The Morgan fingerprint density at radius 1 is 1.08 bits per heavy atom. The van der Waals surface area contributed by atoms with Crippen LogP contribution >= 0.6 is 0 Å². The second-order valence-corrected chi connectivity index (χ2v) is 4.44. The zero-order chi connectivity index (χ0) is 9.14. The van der Waals surface area contributed by atoms with Crippen LogP contribution in [0.5, 0.6) is 0 Å². The van der Waals surface area contributed by atoms with E-state index in [0.717, 1.165) is 0 Å². The van der Waals surface area contributed by atoms with Gasteiger partial charge in [-0.15, -0.1) is 4.43 Å². The van der Waals surface area contributed by atoms with Crippen LogP contribution in [-0.2, 0) is 12.8 Å². The van der Waals surface area contributed by atoms with Crippen molar-refractivity contribution in [2.45, 2.75) is 33.6 Å². The molecular weight excluding hydrogens is 159 g/mol. The van der Waals surface area contributed by atoms with Gasteiger partial charge in [-0.25, -0.2) is 0 Å². The van der Waals surface area contributed by atoms with Gasteiger partial charge >= 0.3 is 0 Å². The Labute approximate surface area is 83.4 Å². The van der Waals surface area contributed by atoms with Crippen LogP contribution < -0.4 is 4.43 Å². The van der Waals surface area contributed by atoms with Gasteiger partial charge in [0.2, 0.25) is 0 Å². The van der Waals surface area contributed by atoms with E-state index in [0.29, 0.717) is 0 Å². The van der Waals surface area contributed by atoms with Crippen molar-refractivity contribution >= 4 is 20.7 Å². The molecule has 1 rings (SSSR count). The lowest BCUT2D eigenvalue weighted by molar-refractivity contribution is 1.03. The van der Waals surface area contributed by atoms with Gasteiger partial charge in [-0.2, -0.15) is 0 Å². The van der Waals surface area contributed by atoms with Gasteiger partial charge in [0.05, 0.1) is 0 Å². The molecule has 0 N–H and O–H groups in total. The smallest absolute Gasteiger partial charge is 0.117 e. The van der Waals surface area contributed by atoms with Crippen molar-refractivity contribution in [2.24, 2.45) is 0 Å². The Bertz CT molecular complexity index is 248. The SMILES string of the molecule is CCc1c(C)cc[c]([AlH2])c1CC. The number of benzene rings is 1. The van der Waals surface area contributed by atoms with Crippen molar-refractivity contribution in [3.63, 3.8) is 0 Å². The molecule has 0 aromatic heterocycles. The van der Waals surface area contributed by atoms with Gasteiger partial charge in [0.1, 0.15) is 0 Å². The van der Waals surface area contributed by atoms with E-state index >= 15 is 0 Å². The molecule has 0 aliphatic rings. The number of aryl methyl sites for hydroxylation is 1. The molecule has 0 aliphatic heterocycles. The predicted molar refractivity (Wildman–Crippen MR) is 58.1 cm³/mol. The zero-order valence-electron chi connectivity index (χ0n) is 8.57. The molecule has 0 unspecified atom stereocenters. The summed E-state index contributed by atoms with van der Waals surface area (Å²) in [5.74, 6) is 0. The molecule has 0 amide bonds. The minimum Gasteiger partial charge on any atom is -0.117 e. The average Bonchev–Trinajstić information content (AvgIpc) is 2.08. The monoisotopic (exact) mass is 176 g/mol. The van der Waals surface area contributed by atoms with Crippen LogP contribution in [0.4, 0.5) is 0 Å². The van der Waals surface area contributed by atoms with Crippen LogP contribution in [0.15, 0.2) is 12.1 Å². The summed E-state index contributed by atoms with van der Waals surface area (Å²) in [6.45, 7) is 6.73. The highest BCUT2D eigenvalue weighted by atomic mass is 27.0. The molecule has 0 atom stereocenters. The van der Waals surface area contributed by atoms with Crippen LogP contribution in [-0.4, -0.2) is 16.3 Å². The maximum atomic E-state index is 2.29. The van der Waals surface area contributed by atoms with Crippen LogP contribution in [0.3, 0.4) is 0 Å². The number of hydrogen-bond donors (Lipinski definition) is 0. The first-order valence-corrected chi connectivity index (χ1v) is 5.78. The minimum atomic E-state index is 1.19. The summed E-state index contributed by atoms with van der Waals surface area (Å²) >= 11 is 1.19. The highest BCUT2D eigenvalue weighted by molar-refractivity contribution is 6.33. The third-order valence-corrected chi connectivity index (χ3v) is 3.54. The van der Waals surface area contributed by atoms with Crippen molar-refractivity contribution in [3.8, 4) is 0 Å². The lowest BCUT2D eigenvalue weighted by atomic mass is 9.98. The highest BCUT2D eigenvalue weighted by Gasteiger charge is 2.03. The summed E-state index contributed by atoms with van der Waals surface area (Å²) in [6.07, 6.45) is 2.38. The molecule has 1 heteroatoms. The minimum absolute atomic E-state index is 1.19. The van der Waals surface area contributed by atoms with E-state index in [-0.39, 0.29) is 0 Å². The largest absolute Gasteiger partial charge is 0.259 e. The molecule has 64 valence electrons. The first kappa shape index (κ1) is 9.84. The van der Waals surface area contributed by atoms with E-state index in [9.17, 15) is 0 Å². The lowest BCUT2D eigenvalue weighted by Crippen LogP contribution is -2.13. The molecule has 0 aliphatic carbocycles. The molecule has 0 bridgehead atoms. The Balaban J connectivity index is 3.28. The second kappa shape index (κ2) is 4.12. The molecule has 1 aromatic carbocycles. The van der Waals surface area contributed by atoms with Crippen molar-refractivity contribution in [2.75, 3.05) is 0 Å². The summed E-state index contributed by atoms with van der Waals surface area (Å²) in [4.78, 5) is 0. The topological polar surface area (TPSA) is 0 Å². The van der Waals surface area contributed by atoms with Crippen molar-refractivity contribution < 1.29 is 0 Å². The van der Waals surface area contributed by atoms with Gasteiger partial charge in [0.15, 0.2) is 0 Å². The molecular formula is C11H17Al.